The SMILES string of the molecule is CCCNC(=O)[C@@H](C)NC(=O)c1ccccc1OCc1c(C)noc1C. The summed E-state index contributed by atoms with van der Waals surface area (Å²) in [7, 11) is 0. The third-order valence-corrected chi connectivity index (χ3v) is 3.98. The van der Waals surface area contributed by atoms with Gasteiger partial charge in [0.15, 0.2) is 0 Å². The number of hydrogen-bond donors (Lipinski definition) is 2. The lowest BCUT2D eigenvalue weighted by molar-refractivity contribution is -0.122. The first kappa shape index (κ1) is 19.5. The summed E-state index contributed by atoms with van der Waals surface area (Å²) in [6.45, 7) is 8.10. The van der Waals surface area contributed by atoms with Gasteiger partial charge in [0, 0.05) is 6.54 Å². The van der Waals surface area contributed by atoms with E-state index in [1.165, 1.54) is 0 Å². The molecule has 1 aromatic carbocycles. The molecule has 0 aliphatic rings. The summed E-state index contributed by atoms with van der Waals surface area (Å²) < 4.78 is 10.9. The van der Waals surface area contributed by atoms with Crippen LogP contribution in [0, 0.1) is 13.8 Å². The molecule has 1 heterocycles. The van der Waals surface area contributed by atoms with Gasteiger partial charge in [0.05, 0.1) is 16.8 Å². The Kier molecular flexibility index (Phi) is 6.77. The maximum atomic E-state index is 12.5. The van der Waals surface area contributed by atoms with Crippen molar-refractivity contribution in [1.29, 1.82) is 0 Å². The molecular weight excluding hydrogens is 334 g/mol. The third kappa shape index (κ3) is 4.84. The minimum Gasteiger partial charge on any atom is -0.488 e. The lowest BCUT2D eigenvalue weighted by Crippen LogP contribution is -2.45. The van der Waals surface area contributed by atoms with Gasteiger partial charge in [0.2, 0.25) is 5.91 Å². The van der Waals surface area contributed by atoms with Crippen LogP contribution < -0.4 is 15.4 Å². The molecule has 0 unspecified atom stereocenters. The van der Waals surface area contributed by atoms with Crippen molar-refractivity contribution in [2.24, 2.45) is 0 Å². The standard InChI is InChI=1S/C19H25N3O4/c1-5-10-20-18(23)13(3)21-19(24)15-8-6-7-9-17(15)25-11-16-12(2)22-26-14(16)4/h6-9,13H,5,10-11H2,1-4H3,(H,20,23)(H,21,24)/t13-/m1/s1. The molecule has 26 heavy (non-hydrogen) atoms. The van der Waals surface area contributed by atoms with Crippen molar-refractivity contribution >= 4 is 11.8 Å². The first-order chi connectivity index (χ1) is 12.4. The number of nitrogens with one attached hydrogen (secondary N) is 2. The van der Waals surface area contributed by atoms with Crippen molar-refractivity contribution in [2.75, 3.05) is 6.54 Å². The van der Waals surface area contributed by atoms with E-state index < -0.39 is 6.04 Å². The molecule has 0 fully saturated rings. The van der Waals surface area contributed by atoms with Crippen LogP contribution in [0.5, 0.6) is 5.75 Å². The Morgan fingerprint density at radius 2 is 2.00 bits per heavy atom. The van der Waals surface area contributed by atoms with Crippen LogP contribution in [0.3, 0.4) is 0 Å². The molecule has 1 atom stereocenters. The second-order valence-electron chi connectivity index (χ2n) is 6.07. The van der Waals surface area contributed by atoms with Crippen LogP contribution in [0.4, 0.5) is 0 Å². The summed E-state index contributed by atoms with van der Waals surface area (Å²) >= 11 is 0. The highest BCUT2D eigenvalue weighted by atomic mass is 16.5. The Hall–Kier alpha value is -2.83. The third-order valence-electron chi connectivity index (χ3n) is 3.98. The number of para-hydroxylation sites is 1. The van der Waals surface area contributed by atoms with Gasteiger partial charge < -0.3 is 19.9 Å². The zero-order valence-corrected chi connectivity index (χ0v) is 15.6. The van der Waals surface area contributed by atoms with Crippen LogP contribution in [0.25, 0.3) is 0 Å². The number of carbonyl (C=O) groups is 2. The highest BCUT2D eigenvalue weighted by Gasteiger charge is 2.19. The van der Waals surface area contributed by atoms with Crippen molar-refractivity contribution in [3.63, 3.8) is 0 Å². The summed E-state index contributed by atoms with van der Waals surface area (Å²) in [4.78, 5) is 24.5. The largest absolute Gasteiger partial charge is 0.488 e. The van der Waals surface area contributed by atoms with E-state index >= 15 is 0 Å². The Morgan fingerprint density at radius 1 is 1.27 bits per heavy atom. The molecule has 0 radical (unpaired) electrons. The second-order valence-corrected chi connectivity index (χ2v) is 6.07. The molecular formula is C19H25N3O4. The van der Waals surface area contributed by atoms with Gasteiger partial charge in [0.1, 0.15) is 24.2 Å². The van der Waals surface area contributed by atoms with E-state index in [0.717, 1.165) is 17.7 Å². The Balaban J connectivity index is 2.05. The predicted molar refractivity (Wildman–Crippen MR) is 97.0 cm³/mol. The average Bonchev–Trinajstić information content (AvgIpc) is 2.95. The number of carbonyl (C=O) groups excluding carboxylic acids is 2. The van der Waals surface area contributed by atoms with E-state index in [-0.39, 0.29) is 18.4 Å². The monoisotopic (exact) mass is 359 g/mol. The summed E-state index contributed by atoms with van der Waals surface area (Å²) in [5, 5.41) is 9.35. The van der Waals surface area contributed by atoms with Crippen LogP contribution in [-0.2, 0) is 11.4 Å². The number of aromatic nitrogens is 1. The molecule has 0 aliphatic carbocycles. The lowest BCUT2D eigenvalue weighted by Gasteiger charge is -2.16. The summed E-state index contributed by atoms with van der Waals surface area (Å²) in [5.41, 5.74) is 1.98. The van der Waals surface area contributed by atoms with E-state index in [2.05, 4.69) is 15.8 Å². The molecule has 2 amide bonds. The van der Waals surface area contributed by atoms with Crippen molar-refractivity contribution in [3.05, 3.63) is 46.8 Å². The maximum Gasteiger partial charge on any atom is 0.255 e. The zero-order valence-electron chi connectivity index (χ0n) is 15.6. The fraction of sp³-hybridized carbons (Fsp3) is 0.421. The number of hydrogen-bond acceptors (Lipinski definition) is 5. The van der Waals surface area contributed by atoms with Gasteiger partial charge in [-0.05, 0) is 39.3 Å². The Labute approximate surface area is 153 Å². The van der Waals surface area contributed by atoms with Gasteiger partial charge in [-0.2, -0.15) is 0 Å². The smallest absolute Gasteiger partial charge is 0.255 e. The number of amides is 2. The molecule has 140 valence electrons. The predicted octanol–water partition coefficient (Wildman–Crippen LogP) is 2.51. The lowest BCUT2D eigenvalue weighted by atomic mass is 10.1. The molecule has 0 spiro atoms. The summed E-state index contributed by atoms with van der Waals surface area (Å²) in [6, 6.07) is 6.28. The van der Waals surface area contributed by atoms with Crippen LogP contribution in [-0.4, -0.2) is 29.6 Å². The van der Waals surface area contributed by atoms with Crippen LogP contribution in [0.2, 0.25) is 0 Å². The van der Waals surface area contributed by atoms with Gasteiger partial charge in [-0.3, -0.25) is 9.59 Å². The number of ether oxygens (including phenoxy) is 1. The molecule has 2 N–H and O–H groups in total. The molecule has 7 heteroatoms. The number of nitrogens with zero attached hydrogens (tertiary/aromatic N) is 1. The first-order valence-corrected chi connectivity index (χ1v) is 8.66. The summed E-state index contributed by atoms with van der Waals surface area (Å²) in [5.74, 6) is 0.546. The van der Waals surface area contributed by atoms with Crippen molar-refractivity contribution < 1.29 is 18.8 Å². The van der Waals surface area contributed by atoms with Gasteiger partial charge in [-0.1, -0.05) is 24.2 Å². The van der Waals surface area contributed by atoms with E-state index in [1.54, 1.807) is 31.2 Å². The molecule has 0 bridgehead atoms. The van der Waals surface area contributed by atoms with Crippen LogP contribution in [0.15, 0.2) is 28.8 Å². The number of aryl methyl sites for hydroxylation is 2. The van der Waals surface area contributed by atoms with Gasteiger partial charge >= 0.3 is 0 Å². The topological polar surface area (TPSA) is 93.5 Å². The van der Waals surface area contributed by atoms with Crippen LogP contribution in [0.1, 0.15) is 47.6 Å². The fourth-order valence-electron chi connectivity index (χ4n) is 2.38. The molecule has 1 aromatic heterocycles. The van der Waals surface area contributed by atoms with Crippen molar-refractivity contribution in [2.45, 2.75) is 46.8 Å². The fourth-order valence-corrected chi connectivity index (χ4v) is 2.38. The van der Waals surface area contributed by atoms with Gasteiger partial charge in [0.25, 0.3) is 5.91 Å². The van der Waals surface area contributed by atoms with Gasteiger partial charge in [-0.25, -0.2) is 0 Å². The molecule has 2 rings (SSSR count). The molecule has 0 saturated carbocycles. The molecule has 7 nitrogen and oxygen atoms in total. The summed E-state index contributed by atoms with van der Waals surface area (Å²) in [6.07, 6.45) is 0.838. The van der Waals surface area contributed by atoms with E-state index in [1.807, 2.05) is 20.8 Å². The molecule has 0 aliphatic heterocycles. The maximum absolute atomic E-state index is 12.5. The molecule has 2 aromatic rings. The number of benzene rings is 1. The normalized spacial score (nSPS) is 11.7. The highest BCUT2D eigenvalue weighted by Crippen LogP contribution is 2.21. The average molecular weight is 359 g/mol. The van der Waals surface area contributed by atoms with Crippen molar-refractivity contribution in [1.82, 2.24) is 15.8 Å². The minimum atomic E-state index is -0.635. The van der Waals surface area contributed by atoms with E-state index in [4.69, 9.17) is 9.26 Å². The first-order valence-electron chi connectivity index (χ1n) is 8.66. The Bertz CT molecular complexity index is 750. The Morgan fingerprint density at radius 3 is 2.65 bits per heavy atom. The van der Waals surface area contributed by atoms with Crippen LogP contribution >= 0.6 is 0 Å². The zero-order chi connectivity index (χ0) is 19.1. The van der Waals surface area contributed by atoms with Gasteiger partial charge in [-0.15, -0.1) is 0 Å². The molecule has 0 saturated heterocycles. The second kappa shape index (κ2) is 9.03. The van der Waals surface area contributed by atoms with Crippen molar-refractivity contribution in [3.8, 4) is 5.75 Å². The van der Waals surface area contributed by atoms with E-state index in [9.17, 15) is 9.59 Å². The quantitative estimate of drug-likeness (QED) is 0.755. The van der Waals surface area contributed by atoms with E-state index in [0.29, 0.717) is 23.6 Å². The highest BCUT2D eigenvalue weighted by molar-refractivity contribution is 5.99. The number of rotatable bonds is 8. The minimum absolute atomic E-state index is 0.214.